The third-order valence-corrected chi connectivity index (χ3v) is 5.54. The van der Waals surface area contributed by atoms with E-state index in [1.165, 1.54) is 7.11 Å². The number of ether oxygens (including phenoxy) is 2. The number of hydrogen-bond acceptors (Lipinski definition) is 4. The lowest BCUT2D eigenvalue weighted by Crippen LogP contribution is -2.32. The first-order chi connectivity index (χ1) is 16.2. The van der Waals surface area contributed by atoms with E-state index in [2.05, 4.69) is 22.0 Å². The van der Waals surface area contributed by atoms with Crippen molar-refractivity contribution in [1.82, 2.24) is 9.88 Å². The normalized spacial score (nSPS) is 11.7. The number of rotatable bonds is 8. The third kappa shape index (κ3) is 5.41. The van der Waals surface area contributed by atoms with Crippen molar-refractivity contribution < 1.29 is 19.1 Å². The fraction of sp³-hybridized carbons (Fsp3) is 0.185. The molecule has 1 amide bonds. The van der Waals surface area contributed by atoms with Crippen LogP contribution in [0, 0.1) is 0 Å². The lowest BCUT2D eigenvalue weighted by Gasteiger charge is -2.15. The number of carbonyl (C=O) groups excluding carboxylic acids is 2. The second kappa shape index (κ2) is 10.5. The molecule has 6 nitrogen and oxygen atoms in total. The molecule has 0 radical (unpaired) electrons. The van der Waals surface area contributed by atoms with E-state index in [0.717, 1.165) is 27.6 Å². The molecule has 168 valence electrons. The summed E-state index contributed by atoms with van der Waals surface area (Å²) in [5.74, 6) is -1.08. The van der Waals surface area contributed by atoms with Gasteiger partial charge in [0.25, 0.3) is 0 Å². The monoisotopic (exact) mass is 442 g/mol. The minimum atomic E-state index is -0.666. The first kappa shape index (κ1) is 22.1. The summed E-state index contributed by atoms with van der Waals surface area (Å²) in [5.41, 5.74) is 3.86. The van der Waals surface area contributed by atoms with Crippen LogP contribution in [0.2, 0.25) is 0 Å². The zero-order chi connectivity index (χ0) is 23.0. The van der Waals surface area contributed by atoms with Gasteiger partial charge in [-0.25, -0.2) is 4.79 Å². The molecule has 1 aromatic heterocycles. The van der Waals surface area contributed by atoms with E-state index in [-0.39, 0.29) is 13.2 Å². The predicted octanol–water partition coefficient (Wildman–Crippen LogP) is 4.87. The fourth-order valence-electron chi connectivity index (χ4n) is 3.89. The number of benzene rings is 3. The Bertz CT molecular complexity index is 1220. The molecule has 3 aromatic carbocycles. The summed E-state index contributed by atoms with van der Waals surface area (Å²) in [6, 6.07) is 27.5. The van der Waals surface area contributed by atoms with Crippen molar-refractivity contribution in [2.24, 2.45) is 0 Å². The number of hydrogen-bond donors (Lipinski definition) is 1. The second-order valence-electron chi connectivity index (χ2n) is 7.73. The summed E-state index contributed by atoms with van der Waals surface area (Å²) in [5, 5.41) is 3.67. The van der Waals surface area contributed by atoms with Crippen LogP contribution in [0.4, 0.5) is 4.79 Å². The summed E-state index contributed by atoms with van der Waals surface area (Å²) in [6.07, 6.45) is 1.39. The molecule has 0 aliphatic carbocycles. The Morgan fingerprint density at radius 1 is 0.879 bits per heavy atom. The summed E-state index contributed by atoms with van der Waals surface area (Å²) < 4.78 is 12.5. The highest BCUT2D eigenvalue weighted by Gasteiger charge is 2.26. The van der Waals surface area contributed by atoms with Crippen LogP contribution in [0.25, 0.3) is 10.9 Å². The zero-order valence-electron chi connectivity index (χ0n) is 18.4. The van der Waals surface area contributed by atoms with Gasteiger partial charge in [-0.3, -0.25) is 4.79 Å². The largest absolute Gasteiger partial charge is 0.468 e. The third-order valence-electron chi connectivity index (χ3n) is 5.54. The van der Waals surface area contributed by atoms with E-state index < -0.39 is 18.0 Å². The van der Waals surface area contributed by atoms with Gasteiger partial charge in [0.2, 0.25) is 0 Å². The number of para-hydroxylation sites is 1. The fourth-order valence-corrected chi connectivity index (χ4v) is 3.89. The maximum Gasteiger partial charge on any atom is 0.407 e. The van der Waals surface area contributed by atoms with Crippen molar-refractivity contribution in [1.29, 1.82) is 0 Å². The predicted molar refractivity (Wildman–Crippen MR) is 127 cm³/mol. The average molecular weight is 443 g/mol. The van der Waals surface area contributed by atoms with E-state index in [0.29, 0.717) is 6.54 Å². The second-order valence-corrected chi connectivity index (χ2v) is 7.73. The molecule has 0 spiro atoms. The van der Waals surface area contributed by atoms with Crippen LogP contribution in [0.15, 0.2) is 91.1 Å². The maximum absolute atomic E-state index is 12.7. The average Bonchev–Trinajstić information content (AvgIpc) is 3.22. The molecule has 6 heteroatoms. The van der Waals surface area contributed by atoms with Crippen LogP contribution >= 0.6 is 0 Å². The Kier molecular flexibility index (Phi) is 7.05. The van der Waals surface area contributed by atoms with E-state index in [1.807, 2.05) is 79.0 Å². The molecule has 1 atom stereocenters. The number of amides is 1. The molecule has 4 rings (SSSR count). The van der Waals surface area contributed by atoms with Gasteiger partial charge in [-0.1, -0.05) is 78.9 Å². The number of alkyl carbamates (subject to hydrolysis) is 1. The van der Waals surface area contributed by atoms with Gasteiger partial charge >= 0.3 is 12.1 Å². The first-order valence-corrected chi connectivity index (χ1v) is 10.8. The van der Waals surface area contributed by atoms with Crippen LogP contribution < -0.4 is 5.32 Å². The maximum atomic E-state index is 12.7. The van der Waals surface area contributed by atoms with Crippen LogP contribution in [-0.2, 0) is 27.4 Å². The molecule has 1 unspecified atom stereocenters. The molecule has 4 aromatic rings. The van der Waals surface area contributed by atoms with Gasteiger partial charge in [-0.15, -0.1) is 0 Å². The zero-order valence-corrected chi connectivity index (χ0v) is 18.4. The molecule has 33 heavy (non-hydrogen) atoms. The number of nitrogens with one attached hydrogen (secondary N) is 1. The van der Waals surface area contributed by atoms with Gasteiger partial charge < -0.3 is 19.4 Å². The molecule has 0 aliphatic heterocycles. The van der Waals surface area contributed by atoms with Crippen LogP contribution in [0.5, 0.6) is 0 Å². The number of esters is 1. The summed E-state index contributed by atoms with van der Waals surface area (Å²) in [4.78, 5) is 25.0. The molecule has 1 heterocycles. The Morgan fingerprint density at radius 2 is 1.52 bits per heavy atom. The smallest absolute Gasteiger partial charge is 0.407 e. The van der Waals surface area contributed by atoms with E-state index >= 15 is 0 Å². The molecular formula is C27H26N2O4. The van der Waals surface area contributed by atoms with E-state index in [4.69, 9.17) is 9.47 Å². The van der Waals surface area contributed by atoms with Gasteiger partial charge in [0.15, 0.2) is 0 Å². The SMILES string of the molecule is COC(=O)C(CNC(=O)OCc1ccccc1)c1cn(Cc2ccccc2)c2ccccc12. The molecule has 0 aliphatic rings. The van der Waals surface area contributed by atoms with Crippen molar-refractivity contribution in [2.45, 2.75) is 19.1 Å². The molecule has 0 saturated carbocycles. The topological polar surface area (TPSA) is 69.6 Å². The highest BCUT2D eigenvalue weighted by molar-refractivity contribution is 5.91. The van der Waals surface area contributed by atoms with E-state index in [1.54, 1.807) is 0 Å². The van der Waals surface area contributed by atoms with Crippen molar-refractivity contribution in [2.75, 3.05) is 13.7 Å². The van der Waals surface area contributed by atoms with Gasteiger partial charge in [0.05, 0.1) is 7.11 Å². The van der Waals surface area contributed by atoms with Crippen LogP contribution in [-0.4, -0.2) is 30.3 Å². The number of fused-ring (bicyclic) bond motifs is 1. The number of aromatic nitrogens is 1. The van der Waals surface area contributed by atoms with Crippen LogP contribution in [0.3, 0.4) is 0 Å². The highest BCUT2D eigenvalue weighted by Crippen LogP contribution is 2.29. The summed E-state index contributed by atoms with van der Waals surface area (Å²) in [6.45, 7) is 0.896. The minimum absolute atomic E-state index is 0.0691. The van der Waals surface area contributed by atoms with Gasteiger partial charge in [-0.05, 0) is 22.8 Å². The van der Waals surface area contributed by atoms with Crippen molar-refractivity contribution >= 4 is 23.0 Å². The van der Waals surface area contributed by atoms with Crippen molar-refractivity contribution in [3.63, 3.8) is 0 Å². The number of nitrogens with zero attached hydrogens (tertiary/aromatic N) is 1. The molecule has 0 saturated heterocycles. The van der Waals surface area contributed by atoms with Gasteiger partial charge in [0, 0.05) is 30.2 Å². The molecule has 0 fully saturated rings. The Hall–Kier alpha value is -4.06. The standard InChI is InChI=1S/C27H26N2O4/c1-32-26(30)23(16-28-27(31)33-19-21-12-6-3-7-13-21)24-18-29(17-20-10-4-2-5-11-20)25-15-9-8-14-22(24)25/h2-15,18,23H,16-17,19H2,1H3,(H,28,31). The lowest BCUT2D eigenvalue weighted by molar-refractivity contribution is -0.142. The van der Waals surface area contributed by atoms with Gasteiger partial charge in [0.1, 0.15) is 12.5 Å². The lowest BCUT2D eigenvalue weighted by atomic mass is 9.98. The quantitative estimate of drug-likeness (QED) is 0.395. The summed E-state index contributed by atoms with van der Waals surface area (Å²) >= 11 is 0. The Balaban J connectivity index is 1.53. The van der Waals surface area contributed by atoms with Crippen molar-refractivity contribution in [3.8, 4) is 0 Å². The minimum Gasteiger partial charge on any atom is -0.468 e. The van der Waals surface area contributed by atoms with Crippen molar-refractivity contribution in [3.05, 3.63) is 108 Å². The number of methoxy groups -OCH3 is 1. The summed E-state index contributed by atoms with van der Waals surface area (Å²) in [7, 11) is 1.35. The van der Waals surface area contributed by atoms with Gasteiger partial charge in [-0.2, -0.15) is 0 Å². The van der Waals surface area contributed by atoms with E-state index in [9.17, 15) is 9.59 Å². The molecule has 1 N–H and O–H groups in total. The number of carbonyl (C=O) groups is 2. The Morgan fingerprint density at radius 3 is 2.21 bits per heavy atom. The molecule has 0 bridgehead atoms. The molecular weight excluding hydrogens is 416 g/mol. The highest BCUT2D eigenvalue weighted by atomic mass is 16.5. The Labute approximate surface area is 192 Å². The first-order valence-electron chi connectivity index (χ1n) is 10.8. The van der Waals surface area contributed by atoms with Crippen LogP contribution in [0.1, 0.15) is 22.6 Å².